The molecule has 1 aromatic carbocycles. The van der Waals surface area contributed by atoms with Crippen LogP contribution in [-0.4, -0.2) is 23.0 Å². The van der Waals surface area contributed by atoms with Crippen molar-refractivity contribution in [3.8, 4) is 0 Å². The van der Waals surface area contributed by atoms with E-state index in [0.29, 0.717) is 11.6 Å². The van der Waals surface area contributed by atoms with Gasteiger partial charge in [-0.2, -0.15) is 0 Å². The molecule has 1 aromatic heterocycles. The Labute approximate surface area is 135 Å². The maximum atomic E-state index is 12.9. The summed E-state index contributed by atoms with van der Waals surface area (Å²) in [5.41, 5.74) is 1.47. The lowest BCUT2D eigenvalue weighted by atomic mass is 10.1. The van der Waals surface area contributed by atoms with Crippen LogP contribution in [0.5, 0.6) is 0 Å². The SMILES string of the molecule is Cc1cccc(N[C@H]2CC[C@@H](NC(=O)c3ccc(F)cc3)C2)n1. The number of carbonyl (C=O) groups excluding carboxylic acids is 1. The molecule has 0 spiro atoms. The van der Waals surface area contributed by atoms with E-state index in [1.54, 1.807) is 0 Å². The molecular weight excluding hydrogens is 293 g/mol. The zero-order valence-electron chi connectivity index (χ0n) is 13.1. The molecule has 1 aliphatic carbocycles. The first-order chi connectivity index (χ1) is 11.1. The summed E-state index contributed by atoms with van der Waals surface area (Å²) in [5, 5.41) is 6.44. The van der Waals surface area contributed by atoms with Gasteiger partial charge >= 0.3 is 0 Å². The van der Waals surface area contributed by atoms with Crippen molar-refractivity contribution in [3.05, 3.63) is 59.5 Å². The number of benzene rings is 1. The standard InChI is InChI=1S/C18H20FN3O/c1-12-3-2-4-17(20-12)21-15-9-10-16(11-15)22-18(23)13-5-7-14(19)8-6-13/h2-8,15-16H,9-11H2,1H3,(H,20,21)(H,22,23)/t15-,16+/m0/s1. The topological polar surface area (TPSA) is 54.0 Å². The lowest BCUT2D eigenvalue weighted by Gasteiger charge is -2.15. The van der Waals surface area contributed by atoms with E-state index in [2.05, 4.69) is 15.6 Å². The first-order valence-corrected chi connectivity index (χ1v) is 7.87. The van der Waals surface area contributed by atoms with Gasteiger partial charge < -0.3 is 10.6 Å². The number of anilines is 1. The molecule has 0 radical (unpaired) electrons. The van der Waals surface area contributed by atoms with E-state index in [9.17, 15) is 9.18 Å². The van der Waals surface area contributed by atoms with Crippen molar-refractivity contribution in [2.45, 2.75) is 38.3 Å². The number of hydrogen-bond donors (Lipinski definition) is 2. The Hall–Kier alpha value is -2.43. The van der Waals surface area contributed by atoms with Crippen molar-refractivity contribution in [2.24, 2.45) is 0 Å². The Morgan fingerprint density at radius 2 is 1.87 bits per heavy atom. The normalized spacial score (nSPS) is 20.3. The minimum absolute atomic E-state index is 0.134. The van der Waals surface area contributed by atoms with Gasteiger partial charge in [-0.1, -0.05) is 6.07 Å². The van der Waals surface area contributed by atoms with E-state index in [4.69, 9.17) is 0 Å². The van der Waals surface area contributed by atoms with Gasteiger partial charge in [0.05, 0.1) is 0 Å². The van der Waals surface area contributed by atoms with Crippen LogP contribution in [0.2, 0.25) is 0 Å². The first-order valence-electron chi connectivity index (χ1n) is 7.87. The number of aromatic nitrogens is 1. The quantitative estimate of drug-likeness (QED) is 0.910. The maximum Gasteiger partial charge on any atom is 0.251 e. The van der Waals surface area contributed by atoms with Gasteiger partial charge in [0.25, 0.3) is 5.91 Å². The van der Waals surface area contributed by atoms with Crippen LogP contribution in [0.15, 0.2) is 42.5 Å². The Balaban J connectivity index is 1.53. The van der Waals surface area contributed by atoms with E-state index in [1.807, 2.05) is 25.1 Å². The van der Waals surface area contributed by atoms with Crippen molar-refractivity contribution in [1.82, 2.24) is 10.3 Å². The largest absolute Gasteiger partial charge is 0.367 e. The van der Waals surface area contributed by atoms with Crippen molar-refractivity contribution < 1.29 is 9.18 Å². The molecule has 3 rings (SSSR count). The Bertz CT molecular complexity index is 687. The number of carbonyl (C=O) groups is 1. The van der Waals surface area contributed by atoms with Gasteiger partial charge in [0.1, 0.15) is 11.6 Å². The highest BCUT2D eigenvalue weighted by Crippen LogP contribution is 2.23. The zero-order valence-corrected chi connectivity index (χ0v) is 13.1. The van der Waals surface area contributed by atoms with Gasteiger partial charge in [-0.25, -0.2) is 9.37 Å². The van der Waals surface area contributed by atoms with Crippen LogP contribution >= 0.6 is 0 Å². The molecule has 1 amide bonds. The van der Waals surface area contributed by atoms with E-state index < -0.39 is 0 Å². The predicted molar refractivity (Wildman–Crippen MR) is 87.9 cm³/mol. The fourth-order valence-electron chi connectivity index (χ4n) is 2.95. The number of amides is 1. The van der Waals surface area contributed by atoms with E-state index in [-0.39, 0.29) is 17.8 Å². The molecule has 2 aromatic rings. The van der Waals surface area contributed by atoms with Gasteiger partial charge in [-0.15, -0.1) is 0 Å². The van der Waals surface area contributed by atoms with Crippen molar-refractivity contribution in [1.29, 1.82) is 0 Å². The fraction of sp³-hybridized carbons (Fsp3) is 0.333. The van der Waals surface area contributed by atoms with Gasteiger partial charge in [0, 0.05) is 23.3 Å². The molecule has 120 valence electrons. The third kappa shape index (κ3) is 4.06. The summed E-state index contributed by atoms with van der Waals surface area (Å²) in [4.78, 5) is 16.6. The van der Waals surface area contributed by atoms with E-state index in [0.717, 1.165) is 30.8 Å². The van der Waals surface area contributed by atoms with Gasteiger partial charge in [0.15, 0.2) is 0 Å². The lowest BCUT2D eigenvalue weighted by Crippen LogP contribution is -2.33. The number of aryl methyl sites for hydroxylation is 1. The average Bonchev–Trinajstić information content (AvgIpc) is 2.95. The number of nitrogens with zero attached hydrogens (tertiary/aromatic N) is 1. The maximum absolute atomic E-state index is 12.9. The van der Waals surface area contributed by atoms with Crippen LogP contribution < -0.4 is 10.6 Å². The summed E-state index contributed by atoms with van der Waals surface area (Å²) in [6.07, 6.45) is 2.78. The van der Waals surface area contributed by atoms with E-state index >= 15 is 0 Å². The van der Waals surface area contributed by atoms with Crippen molar-refractivity contribution >= 4 is 11.7 Å². The number of rotatable bonds is 4. The lowest BCUT2D eigenvalue weighted by molar-refractivity contribution is 0.0937. The van der Waals surface area contributed by atoms with Crippen LogP contribution in [0.4, 0.5) is 10.2 Å². The monoisotopic (exact) mass is 313 g/mol. The average molecular weight is 313 g/mol. The molecular formula is C18H20FN3O. The highest BCUT2D eigenvalue weighted by Gasteiger charge is 2.26. The summed E-state index contributed by atoms with van der Waals surface area (Å²) in [6, 6.07) is 12.0. The summed E-state index contributed by atoms with van der Waals surface area (Å²) >= 11 is 0. The molecule has 1 fully saturated rings. The second-order valence-electron chi connectivity index (χ2n) is 6.00. The molecule has 1 aliphatic rings. The molecule has 1 heterocycles. The zero-order chi connectivity index (χ0) is 16.2. The van der Waals surface area contributed by atoms with Gasteiger partial charge in [-0.05, 0) is 62.6 Å². The Morgan fingerprint density at radius 1 is 1.13 bits per heavy atom. The summed E-state index contributed by atoms with van der Waals surface area (Å²) in [5.74, 6) is 0.391. The summed E-state index contributed by atoms with van der Waals surface area (Å²) < 4.78 is 12.9. The third-order valence-corrected chi connectivity index (χ3v) is 4.11. The Kier molecular flexibility index (Phi) is 4.55. The highest BCUT2D eigenvalue weighted by atomic mass is 19.1. The van der Waals surface area contributed by atoms with Crippen LogP contribution in [0.25, 0.3) is 0 Å². The molecule has 0 saturated heterocycles. The first kappa shape index (κ1) is 15.5. The third-order valence-electron chi connectivity index (χ3n) is 4.11. The van der Waals surface area contributed by atoms with Crippen LogP contribution in [-0.2, 0) is 0 Å². The predicted octanol–water partition coefficient (Wildman–Crippen LogP) is 3.29. The second-order valence-corrected chi connectivity index (χ2v) is 6.00. The molecule has 0 aliphatic heterocycles. The van der Waals surface area contributed by atoms with Gasteiger partial charge in [0.2, 0.25) is 0 Å². The number of hydrogen-bond acceptors (Lipinski definition) is 3. The molecule has 0 bridgehead atoms. The molecule has 23 heavy (non-hydrogen) atoms. The second kappa shape index (κ2) is 6.77. The van der Waals surface area contributed by atoms with Crippen LogP contribution in [0, 0.1) is 12.7 Å². The van der Waals surface area contributed by atoms with Crippen LogP contribution in [0.1, 0.15) is 35.3 Å². The molecule has 0 unspecified atom stereocenters. The fourth-order valence-corrected chi connectivity index (χ4v) is 2.95. The van der Waals surface area contributed by atoms with Crippen LogP contribution in [0.3, 0.4) is 0 Å². The molecule has 2 N–H and O–H groups in total. The highest BCUT2D eigenvalue weighted by molar-refractivity contribution is 5.94. The summed E-state index contributed by atoms with van der Waals surface area (Å²) in [6.45, 7) is 1.96. The molecule has 2 atom stereocenters. The number of halogens is 1. The summed E-state index contributed by atoms with van der Waals surface area (Å²) in [7, 11) is 0. The molecule has 1 saturated carbocycles. The number of pyridine rings is 1. The molecule has 5 heteroatoms. The van der Waals surface area contributed by atoms with Gasteiger partial charge in [-0.3, -0.25) is 4.79 Å². The van der Waals surface area contributed by atoms with Crippen molar-refractivity contribution in [2.75, 3.05) is 5.32 Å². The van der Waals surface area contributed by atoms with E-state index in [1.165, 1.54) is 24.3 Å². The number of nitrogens with one attached hydrogen (secondary N) is 2. The minimum Gasteiger partial charge on any atom is -0.367 e. The molecule has 4 nitrogen and oxygen atoms in total. The van der Waals surface area contributed by atoms with Crippen molar-refractivity contribution in [3.63, 3.8) is 0 Å². The smallest absolute Gasteiger partial charge is 0.251 e. The Morgan fingerprint density at radius 3 is 2.61 bits per heavy atom. The minimum atomic E-state index is -0.336.